The summed E-state index contributed by atoms with van der Waals surface area (Å²) in [6.45, 7) is 1.60. The Morgan fingerprint density at radius 1 is 1.75 bits per heavy atom. The quantitative estimate of drug-likeness (QED) is 0.465. The van der Waals surface area contributed by atoms with Gasteiger partial charge in [-0.2, -0.15) is 0 Å². The predicted octanol–water partition coefficient (Wildman–Crippen LogP) is 0.638. The summed E-state index contributed by atoms with van der Waals surface area (Å²) >= 11 is 0. The summed E-state index contributed by atoms with van der Waals surface area (Å²) in [7, 11) is -0.167. The van der Waals surface area contributed by atoms with Crippen molar-refractivity contribution in [3.05, 3.63) is 0 Å². The summed E-state index contributed by atoms with van der Waals surface area (Å²) < 4.78 is 8.96. The van der Waals surface area contributed by atoms with Gasteiger partial charge < -0.3 is 0 Å². The largest absolute Gasteiger partial charge is 0.321 e. The van der Waals surface area contributed by atoms with Crippen LogP contribution in [0.4, 0.5) is 0 Å². The van der Waals surface area contributed by atoms with Crippen LogP contribution < -0.4 is 0 Å². The van der Waals surface area contributed by atoms with Crippen LogP contribution in [-0.2, 0) is 37.3 Å². The minimum Gasteiger partial charge on any atom is -0.0778 e. The van der Waals surface area contributed by atoms with Crippen molar-refractivity contribution in [2.75, 3.05) is 6.66 Å². The van der Waals surface area contributed by atoms with Gasteiger partial charge in [0.1, 0.15) is 6.66 Å². The fourth-order valence-electron chi connectivity index (χ4n) is 0. The summed E-state index contributed by atoms with van der Waals surface area (Å²) in [6.07, 6.45) is 0. The Kier molecular flexibility index (Phi) is 19.9. The molecule has 1 atom stereocenters. The van der Waals surface area contributed by atoms with Gasteiger partial charge in [0.05, 0.1) is 0 Å². The maximum Gasteiger partial charge on any atom is 0.321 e. The first-order valence-electron chi connectivity index (χ1n) is 0.704. The van der Waals surface area contributed by atoms with Crippen LogP contribution >= 0.6 is 8.46 Å². The van der Waals surface area contributed by atoms with E-state index in [0.29, 0.717) is 0 Å². The van der Waals surface area contributed by atoms with Crippen LogP contribution in [0.2, 0.25) is 0 Å². The molecule has 0 aromatic rings. The van der Waals surface area contributed by atoms with Crippen LogP contribution in [0.3, 0.4) is 0 Å². The molecule has 4 heavy (non-hydrogen) atoms. The fraction of sp³-hybridized carbons (Fsp3) is 1.00. The van der Waals surface area contributed by atoms with E-state index >= 15 is 0 Å². The Morgan fingerprint density at radius 3 is 1.75 bits per heavy atom. The van der Waals surface area contributed by atoms with Crippen molar-refractivity contribution in [2.24, 2.45) is 0 Å². The average molecular weight is 152 g/mol. The first kappa shape index (κ1) is 8.96. The molecule has 0 aliphatic heterocycles. The molecule has 0 fully saturated rings. The van der Waals surface area contributed by atoms with Crippen LogP contribution in [0.15, 0.2) is 0 Å². The summed E-state index contributed by atoms with van der Waals surface area (Å²) in [5.41, 5.74) is 0. The van der Waals surface area contributed by atoms with Gasteiger partial charge >= 0.3 is 8.46 Å². The molecule has 21 valence electrons. The molecule has 1 unspecified atom stereocenters. The van der Waals surface area contributed by atoms with E-state index in [1.54, 1.807) is 6.66 Å². The molecule has 0 rings (SSSR count). The molecular formula is CH4OPY+. The van der Waals surface area contributed by atoms with Crippen molar-refractivity contribution in [1.82, 2.24) is 0 Å². The maximum absolute atomic E-state index is 8.96. The van der Waals surface area contributed by atoms with Gasteiger partial charge in [0, 0.05) is 32.7 Å². The normalized spacial score (nSPS) is 5.25. The van der Waals surface area contributed by atoms with E-state index in [1.165, 1.54) is 0 Å². The summed E-state index contributed by atoms with van der Waals surface area (Å²) in [4.78, 5) is 0. The number of hydrogen-bond donors (Lipinski definition) is 0. The Hall–Kier alpha value is 1.20. The van der Waals surface area contributed by atoms with Crippen LogP contribution in [0.1, 0.15) is 0 Å². The zero-order valence-corrected chi connectivity index (χ0v) is 6.32. The van der Waals surface area contributed by atoms with Crippen LogP contribution in [-0.4, -0.2) is 6.66 Å². The van der Waals surface area contributed by atoms with E-state index in [-0.39, 0.29) is 41.2 Å². The number of rotatable bonds is 0. The summed E-state index contributed by atoms with van der Waals surface area (Å²) in [5.74, 6) is 0. The zero-order chi connectivity index (χ0) is 2.71. The third kappa shape index (κ3) is 10.7. The van der Waals surface area contributed by atoms with Crippen molar-refractivity contribution in [2.45, 2.75) is 0 Å². The maximum atomic E-state index is 8.96. The molecule has 0 aliphatic carbocycles. The molecule has 0 saturated carbocycles. The first-order chi connectivity index (χ1) is 1.41. The van der Waals surface area contributed by atoms with Gasteiger partial charge in [-0.05, 0) is 0 Å². The molecule has 0 aromatic carbocycles. The smallest absolute Gasteiger partial charge is 0.0778 e. The van der Waals surface area contributed by atoms with Gasteiger partial charge in [-0.3, -0.25) is 0 Å². The van der Waals surface area contributed by atoms with Crippen molar-refractivity contribution in [3.8, 4) is 0 Å². The van der Waals surface area contributed by atoms with Crippen molar-refractivity contribution in [3.63, 3.8) is 0 Å². The van der Waals surface area contributed by atoms with Gasteiger partial charge in [-0.25, -0.2) is 0 Å². The molecule has 0 N–H and O–H groups in total. The van der Waals surface area contributed by atoms with Gasteiger partial charge in [0.25, 0.3) is 0 Å². The second kappa shape index (κ2) is 8.88. The SMILES string of the molecule is C[PH+]=O.[Y]. The van der Waals surface area contributed by atoms with E-state index < -0.39 is 0 Å². The first-order valence-corrected chi connectivity index (χ1v) is 2.11. The topological polar surface area (TPSA) is 17.1 Å². The molecule has 0 spiro atoms. The van der Waals surface area contributed by atoms with E-state index in [0.717, 1.165) is 0 Å². The van der Waals surface area contributed by atoms with Crippen LogP contribution in [0, 0.1) is 0 Å². The van der Waals surface area contributed by atoms with E-state index in [9.17, 15) is 0 Å². The summed E-state index contributed by atoms with van der Waals surface area (Å²) in [5, 5.41) is 0. The van der Waals surface area contributed by atoms with Crippen molar-refractivity contribution < 1.29 is 37.3 Å². The molecule has 0 heterocycles. The van der Waals surface area contributed by atoms with Crippen LogP contribution in [0.5, 0.6) is 0 Å². The Balaban J connectivity index is 0. The van der Waals surface area contributed by atoms with Gasteiger partial charge in [-0.15, -0.1) is 0 Å². The molecule has 3 heteroatoms. The van der Waals surface area contributed by atoms with Gasteiger partial charge in [0.15, 0.2) is 0 Å². The molecule has 1 nitrogen and oxygen atoms in total. The standard InChI is InChI=1S/CH3OP.Y/c1-3-2;/h1H3;/p+1. The molecule has 0 aliphatic rings. The van der Waals surface area contributed by atoms with Crippen molar-refractivity contribution in [1.29, 1.82) is 0 Å². The molecule has 0 saturated heterocycles. The molecule has 0 bridgehead atoms. The monoisotopic (exact) mass is 152 g/mol. The third-order valence-electron chi connectivity index (χ3n) is 0. The van der Waals surface area contributed by atoms with E-state index in [4.69, 9.17) is 4.57 Å². The fourth-order valence-corrected chi connectivity index (χ4v) is 0. The zero-order valence-electron chi connectivity index (χ0n) is 2.49. The Morgan fingerprint density at radius 2 is 1.75 bits per heavy atom. The van der Waals surface area contributed by atoms with Crippen molar-refractivity contribution >= 4 is 8.46 Å². The second-order valence-electron chi connectivity index (χ2n) is 0.204. The second-order valence-corrected chi connectivity index (χ2v) is 0.612. The van der Waals surface area contributed by atoms with Gasteiger partial charge in [-0.1, -0.05) is 4.57 Å². The minimum absolute atomic E-state index is 0. The Bertz CT molecular complexity index is 15.5. The van der Waals surface area contributed by atoms with Crippen LogP contribution in [0.25, 0.3) is 0 Å². The molecule has 0 aromatic heterocycles. The Labute approximate surface area is 52.2 Å². The summed E-state index contributed by atoms with van der Waals surface area (Å²) in [6, 6.07) is 0. The average Bonchev–Trinajstić information content (AvgIpc) is 0.918. The third-order valence-corrected chi connectivity index (χ3v) is 0. The number of hydrogen-bond acceptors (Lipinski definition) is 1. The molecular weight excluding hydrogens is 148 g/mol. The predicted molar refractivity (Wildman–Crippen MR) is 14.9 cm³/mol. The molecule has 0 amide bonds. The molecule has 1 radical (unpaired) electrons. The van der Waals surface area contributed by atoms with E-state index in [2.05, 4.69) is 0 Å². The minimum atomic E-state index is -0.167. The van der Waals surface area contributed by atoms with Gasteiger partial charge in [0.2, 0.25) is 0 Å². The van der Waals surface area contributed by atoms with E-state index in [1.807, 2.05) is 0 Å².